The summed E-state index contributed by atoms with van der Waals surface area (Å²) >= 11 is 0. The summed E-state index contributed by atoms with van der Waals surface area (Å²) in [7, 11) is 0. The molecule has 2 nitrogen and oxygen atoms in total. The van der Waals surface area contributed by atoms with Gasteiger partial charge in [-0.2, -0.15) is 0 Å². The van der Waals surface area contributed by atoms with Crippen LogP contribution in [0.5, 0.6) is 0 Å². The van der Waals surface area contributed by atoms with Gasteiger partial charge in [-0.15, -0.1) is 0 Å². The third-order valence-corrected chi connectivity index (χ3v) is 3.51. The highest BCUT2D eigenvalue weighted by atomic mass is 16.3. The number of rotatable bonds is 5. The van der Waals surface area contributed by atoms with Crippen LogP contribution in [0.15, 0.2) is 28.9 Å². The normalized spacial score (nSPS) is 25.6. The first-order chi connectivity index (χ1) is 7.90. The maximum Gasteiger partial charge on any atom is 0.126 e. The summed E-state index contributed by atoms with van der Waals surface area (Å²) in [6.45, 7) is 3.24. The average Bonchev–Trinajstić information content (AvgIpc) is 2.95. The molecule has 2 unspecified atom stereocenters. The molecule has 1 heterocycles. The Morgan fingerprint density at radius 1 is 1.50 bits per heavy atom. The van der Waals surface area contributed by atoms with Gasteiger partial charge in [-0.25, -0.2) is 0 Å². The largest absolute Gasteiger partial charge is 0.465 e. The van der Waals surface area contributed by atoms with Gasteiger partial charge in [-0.05, 0) is 37.0 Å². The molecule has 0 bridgehead atoms. The van der Waals surface area contributed by atoms with Crippen LogP contribution < -0.4 is 5.32 Å². The van der Waals surface area contributed by atoms with Gasteiger partial charge in [0.1, 0.15) is 5.76 Å². The van der Waals surface area contributed by atoms with Crippen LogP contribution in [0.4, 0.5) is 0 Å². The van der Waals surface area contributed by atoms with E-state index in [-0.39, 0.29) is 0 Å². The predicted molar refractivity (Wildman–Crippen MR) is 67.2 cm³/mol. The van der Waals surface area contributed by atoms with Crippen LogP contribution in [0.3, 0.4) is 0 Å². The quantitative estimate of drug-likeness (QED) is 0.820. The van der Waals surface area contributed by atoms with Crippen LogP contribution in [0, 0.1) is 5.92 Å². The molecule has 0 amide bonds. The molecule has 2 rings (SSSR count). The summed E-state index contributed by atoms with van der Waals surface area (Å²) in [5.41, 5.74) is 0. The molecular formula is C14H21NO. The molecule has 0 saturated heterocycles. The maximum absolute atomic E-state index is 5.23. The number of furan rings is 1. The highest BCUT2D eigenvalue weighted by Gasteiger charge is 2.24. The van der Waals surface area contributed by atoms with Crippen LogP contribution in [-0.4, -0.2) is 12.6 Å². The molecule has 1 saturated carbocycles. The zero-order valence-corrected chi connectivity index (χ0v) is 9.99. The van der Waals surface area contributed by atoms with Gasteiger partial charge in [-0.1, -0.05) is 25.8 Å². The van der Waals surface area contributed by atoms with Gasteiger partial charge >= 0.3 is 0 Å². The Hall–Kier alpha value is -1.02. The fourth-order valence-electron chi connectivity index (χ4n) is 2.57. The third-order valence-electron chi connectivity index (χ3n) is 3.51. The summed E-state index contributed by atoms with van der Waals surface area (Å²) in [5, 5.41) is 3.62. The first kappa shape index (κ1) is 11.5. The Labute approximate surface area is 97.7 Å². The Bertz CT molecular complexity index is 315. The van der Waals surface area contributed by atoms with Crippen molar-refractivity contribution in [1.82, 2.24) is 5.32 Å². The van der Waals surface area contributed by atoms with Crippen molar-refractivity contribution < 1.29 is 4.42 Å². The van der Waals surface area contributed by atoms with E-state index in [4.69, 9.17) is 4.42 Å². The molecule has 2 atom stereocenters. The van der Waals surface area contributed by atoms with E-state index in [9.17, 15) is 0 Å². The molecule has 2 heteroatoms. The Balaban J connectivity index is 1.71. The summed E-state index contributed by atoms with van der Waals surface area (Å²) in [6, 6.07) is 4.62. The topological polar surface area (TPSA) is 25.2 Å². The summed E-state index contributed by atoms with van der Waals surface area (Å²) in [6.07, 6.45) is 11.3. The lowest BCUT2D eigenvalue weighted by molar-refractivity contribution is 0.404. The first-order valence-corrected chi connectivity index (χ1v) is 6.33. The van der Waals surface area contributed by atoms with E-state index >= 15 is 0 Å². The lowest BCUT2D eigenvalue weighted by Crippen LogP contribution is -2.32. The second kappa shape index (κ2) is 5.90. The van der Waals surface area contributed by atoms with Crippen molar-refractivity contribution in [3.63, 3.8) is 0 Å². The lowest BCUT2D eigenvalue weighted by Gasteiger charge is -2.18. The van der Waals surface area contributed by atoms with Crippen molar-refractivity contribution >= 4 is 6.08 Å². The molecule has 1 fully saturated rings. The minimum atomic E-state index is 0.728. The van der Waals surface area contributed by atoms with E-state index in [0.717, 1.165) is 24.3 Å². The number of hydrogen-bond donors (Lipinski definition) is 1. The first-order valence-electron chi connectivity index (χ1n) is 6.33. The smallest absolute Gasteiger partial charge is 0.126 e. The second-order valence-electron chi connectivity index (χ2n) is 4.53. The third kappa shape index (κ3) is 2.99. The van der Waals surface area contributed by atoms with Crippen molar-refractivity contribution in [1.29, 1.82) is 0 Å². The van der Waals surface area contributed by atoms with Crippen LogP contribution in [0.1, 0.15) is 38.4 Å². The van der Waals surface area contributed by atoms with E-state index in [1.165, 1.54) is 25.7 Å². The van der Waals surface area contributed by atoms with E-state index < -0.39 is 0 Å². The minimum absolute atomic E-state index is 0.728. The van der Waals surface area contributed by atoms with E-state index in [1.807, 2.05) is 18.2 Å². The van der Waals surface area contributed by atoms with Gasteiger partial charge in [-0.3, -0.25) is 0 Å². The lowest BCUT2D eigenvalue weighted by atomic mass is 10.0. The zero-order valence-electron chi connectivity index (χ0n) is 9.99. The van der Waals surface area contributed by atoms with Gasteiger partial charge in [0, 0.05) is 12.6 Å². The summed E-state index contributed by atoms with van der Waals surface area (Å²) in [5.74, 6) is 1.82. The van der Waals surface area contributed by atoms with Gasteiger partial charge < -0.3 is 9.73 Å². The van der Waals surface area contributed by atoms with Gasteiger partial charge in [0.25, 0.3) is 0 Å². The average molecular weight is 219 g/mol. The van der Waals surface area contributed by atoms with Gasteiger partial charge in [0.2, 0.25) is 0 Å². The number of hydrogen-bond acceptors (Lipinski definition) is 2. The fraction of sp³-hybridized carbons (Fsp3) is 0.571. The Kier molecular flexibility index (Phi) is 4.23. The van der Waals surface area contributed by atoms with Crippen LogP contribution >= 0.6 is 0 Å². The molecule has 1 aromatic rings. The van der Waals surface area contributed by atoms with E-state index in [1.54, 1.807) is 6.26 Å². The Morgan fingerprint density at radius 3 is 3.19 bits per heavy atom. The molecule has 0 aromatic carbocycles. The minimum Gasteiger partial charge on any atom is -0.465 e. The van der Waals surface area contributed by atoms with Crippen molar-refractivity contribution in [2.75, 3.05) is 6.54 Å². The molecule has 1 N–H and O–H groups in total. The molecule has 1 aliphatic carbocycles. The van der Waals surface area contributed by atoms with Crippen molar-refractivity contribution in [2.45, 2.75) is 38.6 Å². The highest BCUT2D eigenvalue weighted by molar-refractivity contribution is 5.42. The Morgan fingerprint density at radius 2 is 2.44 bits per heavy atom. The van der Waals surface area contributed by atoms with Crippen molar-refractivity contribution in [2.24, 2.45) is 5.92 Å². The van der Waals surface area contributed by atoms with Crippen molar-refractivity contribution in [3.05, 3.63) is 30.2 Å². The molecule has 0 radical (unpaired) electrons. The van der Waals surface area contributed by atoms with Gasteiger partial charge in [0.05, 0.1) is 6.26 Å². The van der Waals surface area contributed by atoms with Crippen molar-refractivity contribution in [3.8, 4) is 0 Å². The molecular weight excluding hydrogens is 198 g/mol. The molecule has 88 valence electrons. The maximum atomic E-state index is 5.23. The molecule has 16 heavy (non-hydrogen) atoms. The van der Waals surface area contributed by atoms with Crippen LogP contribution in [0.2, 0.25) is 0 Å². The molecule has 0 aliphatic heterocycles. The van der Waals surface area contributed by atoms with E-state index in [0.29, 0.717) is 0 Å². The molecule has 1 aliphatic rings. The predicted octanol–water partition coefficient (Wildman–Crippen LogP) is 3.46. The fourth-order valence-corrected chi connectivity index (χ4v) is 2.57. The second-order valence-corrected chi connectivity index (χ2v) is 4.53. The van der Waals surface area contributed by atoms with Gasteiger partial charge in [0.15, 0.2) is 0 Å². The zero-order chi connectivity index (χ0) is 11.2. The monoisotopic (exact) mass is 219 g/mol. The standard InChI is InChI=1S/C14H21NO/c1-2-12-6-3-9-14(12)15-10-4-7-13-8-5-11-16-13/h4-5,7-8,11-12,14-15H,2-3,6,9-10H2,1H3/b7-4+. The van der Waals surface area contributed by atoms with E-state index in [2.05, 4.69) is 18.3 Å². The SMILES string of the molecule is CCC1CCCC1NC/C=C/c1ccco1. The highest BCUT2D eigenvalue weighted by Crippen LogP contribution is 2.27. The summed E-state index contributed by atoms with van der Waals surface area (Å²) < 4.78 is 5.23. The van der Waals surface area contributed by atoms with Crippen LogP contribution in [0.25, 0.3) is 6.08 Å². The molecule has 0 spiro atoms. The number of nitrogens with one attached hydrogen (secondary N) is 1. The van der Waals surface area contributed by atoms with Crippen LogP contribution in [-0.2, 0) is 0 Å². The molecule has 1 aromatic heterocycles. The summed E-state index contributed by atoms with van der Waals surface area (Å²) in [4.78, 5) is 0.